The molecule has 0 saturated heterocycles. The van der Waals surface area contributed by atoms with Gasteiger partial charge < -0.3 is 9.88 Å². The predicted octanol–water partition coefficient (Wildman–Crippen LogP) is 3.42. The van der Waals surface area contributed by atoms with Gasteiger partial charge in [-0.25, -0.2) is 9.67 Å². The molecule has 1 aliphatic rings. The van der Waals surface area contributed by atoms with Gasteiger partial charge in [-0.15, -0.1) is 10.2 Å². The van der Waals surface area contributed by atoms with Crippen molar-refractivity contribution in [3.05, 3.63) is 70.7 Å². The van der Waals surface area contributed by atoms with E-state index in [4.69, 9.17) is 0 Å². The van der Waals surface area contributed by atoms with Crippen LogP contribution in [0.5, 0.6) is 0 Å². The highest BCUT2D eigenvalue weighted by Gasteiger charge is 2.36. The van der Waals surface area contributed by atoms with Gasteiger partial charge in [0.05, 0.1) is 11.3 Å². The third kappa shape index (κ3) is 4.06. The van der Waals surface area contributed by atoms with Crippen LogP contribution in [0.15, 0.2) is 54.1 Å². The summed E-state index contributed by atoms with van der Waals surface area (Å²) in [6.07, 6.45) is 2.18. The number of aromatic amines is 1. The summed E-state index contributed by atoms with van der Waals surface area (Å²) in [5.41, 5.74) is -0.643. The third-order valence-electron chi connectivity index (χ3n) is 5.76. The van der Waals surface area contributed by atoms with Gasteiger partial charge in [0.2, 0.25) is 11.4 Å². The van der Waals surface area contributed by atoms with Crippen molar-refractivity contribution >= 4 is 5.95 Å². The zero-order valence-corrected chi connectivity index (χ0v) is 18.2. The van der Waals surface area contributed by atoms with E-state index in [-0.39, 0.29) is 17.4 Å². The van der Waals surface area contributed by atoms with Gasteiger partial charge in [-0.1, -0.05) is 12.1 Å². The molecule has 0 spiro atoms. The standard InChI is InChI=1S/C22H21F3N8O/c1-2-31-20(17-9-26-10-18(19(17)34)22(23,24)25)29-30-21(31)32(15-7-8-15)11-14-3-5-16(6-4-14)33-13-27-12-28-33/h3-6,9-10,12-13,15H,2,7-8,11H2,1H3,(H,26,34). The number of aromatic nitrogens is 7. The second kappa shape index (κ2) is 8.43. The van der Waals surface area contributed by atoms with Crippen LogP contribution in [0.2, 0.25) is 0 Å². The van der Waals surface area contributed by atoms with Crippen LogP contribution in [-0.2, 0) is 19.3 Å². The molecule has 12 heteroatoms. The molecule has 5 rings (SSSR count). The van der Waals surface area contributed by atoms with E-state index in [1.54, 1.807) is 15.6 Å². The fraction of sp³-hybridized carbons (Fsp3) is 0.318. The Kier molecular flexibility index (Phi) is 5.42. The number of hydrogen-bond acceptors (Lipinski definition) is 6. The molecule has 0 bridgehead atoms. The number of nitrogens with zero attached hydrogens (tertiary/aromatic N) is 7. The minimum Gasteiger partial charge on any atom is -0.366 e. The highest BCUT2D eigenvalue weighted by atomic mass is 19.4. The highest BCUT2D eigenvalue weighted by Crippen LogP contribution is 2.34. The summed E-state index contributed by atoms with van der Waals surface area (Å²) in [6.45, 7) is 2.78. The summed E-state index contributed by atoms with van der Waals surface area (Å²) in [7, 11) is 0. The fourth-order valence-electron chi connectivity index (χ4n) is 3.90. The topological polar surface area (TPSA) is 97.5 Å². The van der Waals surface area contributed by atoms with Gasteiger partial charge in [0.25, 0.3) is 0 Å². The molecular weight excluding hydrogens is 449 g/mol. The molecule has 0 amide bonds. The van der Waals surface area contributed by atoms with Crippen LogP contribution < -0.4 is 10.3 Å². The van der Waals surface area contributed by atoms with Crippen molar-refractivity contribution in [2.45, 2.75) is 45.1 Å². The molecule has 1 saturated carbocycles. The molecule has 34 heavy (non-hydrogen) atoms. The van der Waals surface area contributed by atoms with Crippen LogP contribution in [0.1, 0.15) is 30.9 Å². The summed E-state index contributed by atoms with van der Waals surface area (Å²) >= 11 is 0. The van der Waals surface area contributed by atoms with E-state index >= 15 is 0 Å². The lowest BCUT2D eigenvalue weighted by molar-refractivity contribution is -0.138. The largest absolute Gasteiger partial charge is 0.421 e. The number of alkyl halides is 3. The summed E-state index contributed by atoms with van der Waals surface area (Å²) in [4.78, 5) is 21.1. The Morgan fingerprint density at radius 3 is 2.53 bits per heavy atom. The summed E-state index contributed by atoms with van der Waals surface area (Å²) in [5, 5.41) is 12.5. The molecule has 0 atom stereocenters. The van der Waals surface area contributed by atoms with E-state index in [1.165, 1.54) is 12.5 Å². The zero-order chi connectivity index (χ0) is 23.9. The monoisotopic (exact) mass is 470 g/mol. The summed E-state index contributed by atoms with van der Waals surface area (Å²) in [5.74, 6) is 0.634. The van der Waals surface area contributed by atoms with Crippen LogP contribution in [0.4, 0.5) is 19.1 Å². The molecule has 0 radical (unpaired) electrons. The Balaban J connectivity index is 1.48. The lowest BCUT2D eigenvalue weighted by Crippen LogP contribution is -2.28. The first-order valence-electron chi connectivity index (χ1n) is 10.8. The first kappa shape index (κ1) is 21.9. The summed E-state index contributed by atoms with van der Waals surface area (Å²) < 4.78 is 43.1. The molecule has 176 valence electrons. The van der Waals surface area contributed by atoms with Gasteiger partial charge in [-0.05, 0) is 37.5 Å². The van der Waals surface area contributed by atoms with Crippen LogP contribution in [-0.4, -0.2) is 40.6 Å². The molecule has 1 N–H and O–H groups in total. The molecule has 3 aromatic heterocycles. The molecule has 9 nitrogen and oxygen atoms in total. The minimum atomic E-state index is -4.76. The number of anilines is 1. The van der Waals surface area contributed by atoms with E-state index in [2.05, 4.69) is 30.2 Å². The molecule has 1 aromatic carbocycles. The maximum atomic E-state index is 13.3. The van der Waals surface area contributed by atoms with E-state index in [1.807, 2.05) is 31.2 Å². The van der Waals surface area contributed by atoms with Crippen molar-refractivity contribution in [1.29, 1.82) is 0 Å². The number of H-pyrrole nitrogens is 1. The third-order valence-corrected chi connectivity index (χ3v) is 5.76. The number of nitrogens with one attached hydrogen (secondary N) is 1. The number of rotatable bonds is 7. The van der Waals surface area contributed by atoms with Crippen molar-refractivity contribution in [3.8, 4) is 17.1 Å². The minimum absolute atomic E-state index is 0.108. The molecule has 0 unspecified atom stereocenters. The lowest BCUT2D eigenvalue weighted by atomic mass is 10.1. The second-order valence-electron chi connectivity index (χ2n) is 8.04. The molecular formula is C22H21F3N8O. The Morgan fingerprint density at radius 1 is 1.15 bits per heavy atom. The molecule has 4 aromatic rings. The lowest BCUT2D eigenvalue weighted by Gasteiger charge is -2.24. The van der Waals surface area contributed by atoms with E-state index in [9.17, 15) is 18.0 Å². The summed E-state index contributed by atoms with van der Waals surface area (Å²) in [6, 6.07) is 8.09. The van der Waals surface area contributed by atoms with Crippen molar-refractivity contribution < 1.29 is 13.2 Å². The Morgan fingerprint density at radius 2 is 1.91 bits per heavy atom. The average molecular weight is 470 g/mol. The molecule has 1 aliphatic carbocycles. The Labute approximate surface area is 191 Å². The van der Waals surface area contributed by atoms with E-state index < -0.39 is 17.2 Å². The number of hydrogen-bond donors (Lipinski definition) is 1. The second-order valence-corrected chi connectivity index (χ2v) is 8.04. The number of benzene rings is 1. The van der Waals surface area contributed by atoms with E-state index in [0.717, 1.165) is 24.1 Å². The van der Waals surface area contributed by atoms with Gasteiger partial charge >= 0.3 is 6.18 Å². The first-order valence-corrected chi connectivity index (χ1v) is 10.8. The number of halogens is 3. The van der Waals surface area contributed by atoms with Gasteiger partial charge in [0.1, 0.15) is 18.2 Å². The Hall–Kier alpha value is -3.96. The maximum Gasteiger partial charge on any atom is 0.421 e. The van der Waals surface area contributed by atoms with Crippen molar-refractivity contribution in [2.75, 3.05) is 4.90 Å². The van der Waals surface area contributed by atoms with Gasteiger partial charge in [0, 0.05) is 31.5 Å². The average Bonchev–Trinajstić information content (AvgIpc) is 3.34. The normalized spacial score (nSPS) is 13.9. The molecule has 1 fully saturated rings. The number of pyridine rings is 1. The highest BCUT2D eigenvalue weighted by molar-refractivity contribution is 5.58. The van der Waals surface area contributed by atoms with Crippen molar-refractivity contribution in [2.24, 2.45) is 0 Å². The van der Waals surface area contributed by atoms with Crippen molar-refractivity contribution in [1.82, 2.24) is 34.5 Å². The quantitative estimate of drug-likeness (QED) is 0.445. The van der Waals surface area contributed by atoms with Crippen LogP contribution in [0.3, 0.4) is 0 Å². The molecule has 3 heterocycles. The van der Waals surface area contributed by atoms with Crippen molar-refractivity contribution in [3.63, 3.8) is 0 Å². The Bertz CT molecular complexity index is 1340. The van der Waals surface area contributed by atoms with E-state index in [0.29, 0.717) is 25.2 Å². The van der Waals surface area contributed by atoms with Gasteiger partial charge in [0.15, 0.2) is 5.82 Å². The maximum absolute atomic E-state index is 13.3. The predicted molar refractivity (Wildman–Crippen MR) is 117 cm³/mol. The zero-order valence-electron chi connectivity index (χ0n) is 18.2. The van der Waals surface area contributed by atoms with Gasteiger partial charge in [-0.3, -0.25) is 9.36 Å². The van der Waals surface area contributed by atoms with Gasteiger partial charge in [-0.2, -0.15) is 18.3 Å². The molecule has 0 aliphatic heterocycles. The fourth-order valence-corrected chi connectivity index (χ4v) is 3.90. The van der Waals surface area contributed by atoms with Crippen LogP contribution >= 0.6 is 0 Å². The first-order chi connectivity index (χ1) is 16.4. The van der Waals surface area contributed by atoms with Crippen LogP contribution in [0, 0.1) is 0 Å². The smallest absolute Gasteiger partial charge is 0.366 e. The van der Waals surface area contributed by atoms with Crippen LogP contribution in [0.25, 0.3) is 17.1 Å². The SMILES string of the molecule is CCn1c(-c2c[nH]cc(C(F)(F)F)c2=O)nnc1N(Cc1ccc(-n2cncn2)cc1)C1CC1.